The minimum absolute atomic E-state index is 0.750. The molecule has 0 aliphatic carbocycles. The Kier molecular flexibility index (Phi) is 19.8. The fourth-order valence-electron chi connectivity index (χ4n) is 0. The maximum absolute atomic E-state index is 8.88. The van der Waals surface area contributed by atoms with Crippen molar-refractivity contribution < 1.29 is 37.1 Å². The maximum Gasteiger partial charge on any atom is 0.466 e. The maximum atomic E-state index is 8.88. The van der Waals surface area contributed by atoms with Crippen molar-refractivity contribution in [3.05, 3.63) is 0 Å². The van der Waals surface area contributed by atoms with Crippen LogP contribution in [0.3, 0.4) is 0 Å². The summed E-state index contributed by atoms with van der Waals surface area (Å²) >= 11 is -0.750. The molecule has 11 heavy (non-hydrogen) atoms. The molecule has 8 nitrogen and oxygen atoms in total. The van der Waals surface area contributed by atoms with E-state index in [9.17, 15) is 0 Å². The van der Waals surface area contributed by atoms with Gasteiger partial charge in [-0.15, -0.1) is 0 Å². The summed E-state index contributed by atoms with van der Waals surface area (Å²) in [6.45, 7) is 0. The van der Waals surface area contributed by atoms with Gasteiger partial charge >= 0.3 is 28.1 Å². The zero-order valence-corrected chi connectivity index (χ0v) is 7.33. The van der Waals surface area contributed by atoms with Crippen molar-refractivity contribution in [1.29, 1.82) is 0 Å². The molecule has 0 radical (unpaired) electrons. The average Bonchev–Trinajstić information content (AvgIpc) is 1.62. The van der Waals surface area contributed by atoms with Gasteiger partial charge in [0.2, 0.25) is 0 Å². The standard InChI is InChI=1S/H3O4P.HO2P.O2S/c1-5(2,3)4;2*1-3-2/h(H3,1,2,3,4);(H,1,2);. The number of rotatable bonds is 0. The second-order valence-corrected chi connectivity index (χ2v) is 1.99. The highest BCUT2D eigenvalue weighted by molar-refractivity contribution is 7.51. The lowest BCUT2D eigenvalue weighted by atomic mass is 15.8. The van der Waals surface area contributed by atoms with Crippen LogP contribution in [0, 0.1) is 0 Å². The van der Waals surface area contributed by atoms with Gasteiger partial charge in [0, 0.05) is 0 Å². The van der Waals surface area contributed by atoms with Crippen molar-refractivity contribution in [2.24, 2.45) is 0 Å². The van der Waals surface area contributed by atoms with Gasteiger partial charge in [0.25, 0.3) is 0 Å². The number of hydrogen-bond donors (Lipinski definition) is 4. The van der Waals surface area contributed by atoms with E-state index in [0.717, 1.165) is 0 Å². The van der Waals surface area contributed by atoms with E-state index in [2.05, 4.69) is 0 Å². The first-order chi connectivity index (χ1) is 4.83. The lowest BCUT2D eigenvalue weighted by Gasteiger charge is -1.82. The Balaban J connectivity index is -0.0000000933. The highest BCUT2D eigenvalue weighted by Crippen LogP contribution is 2.25. The second-order valence-electron chi connectivity index (χ2n) is 0.663. The van der Waals surface area contributed by atoms with Gasteiger partial charge in [0.05, 0.1) is 0 Å². The number of phosphoric acid groups is 1. The Morgan fingerprint density at radius 1 is 1.18 bits per heavy atom. The zero-order valence-electron chi connectivity index (χ0n) is 4.72. The van der Waals surface area contributed by atoms with Crippen LogP contribution in [-0.2, 0) is 20.7 Å². The molecular weight excluding hydrogens is 222 g/mol. The topological polar surface area (TPSA) is 149 Å². The highest BCUT2D eigenvalue weighted by atomic mass is 32.1. The summed E-state index contributed by atoms with van der Waals surface area (Å²) < 4.78 is 33.9. The van der Waals surface area contributed by atoms with Gasteiger partial charge in [-0.25, -0.2) is 9.13 Å². The van der Waals surface area contributed by atoms with Crippen molar-refractivity contribution >= 4 is 28.1 Å². The molecule has 0 aromatic heterocycles. The Hall–Kier alpha value is -0.0100. The molecule has 0 unspecified atom stereocenters. The van der Waals surface area contributed by atoms with E-state index in [4.69, 9.17) is 37.1 Å². The van der Waals surface area contributed by atoms with Gasteiger partial charge in [-0.05, 0) is 0 Å². The molecule has 0 fully saturated rings. The fourth-order valence-corrected chi connectivity index (χ4v) is 0. The average molecular weight is 226 g/mol. The normalized spacial score (nSPS) is 8.36. The molecule has 0 aliphatic heterocycles. The summed E-state index contributed by atoms with van der Waals surface area (Å²) in [5.41, 5.74) is 0. The van der Waals surface area contributed by atoms with Gasteiger partial charge in [0.1, 0.15) is 0 Å². The van der Waals surface area contributed by atoms with Gasteiger partial charge in [0.15, 0.2) is 0 Å². The molecule has 0 rings (SSSR count). The Bertz CT molecular complexity index is 141. The van der Waals surface area contributed by atoms with Crippen molar-refractivity contribution in [3.63, 3.8) is 0 Å². The third-order valence-electron chi connectivity index (χ3n) is 0. The van der Waals surface area contributed by atoms with Gasteiger partial charge in [-0.3, -0.25) is 0 Å². The third kappa shape index (κ3) is 6380000. The van der Waals surface area contributed by atoms with Gasteiger partial charge < -0.3 is 19.6 Å². The van der Waals surface area contributed by atoms with Crippen LogP contribution >= 0.6 is 16.5 Å². The molecule has 0 saturated carbocycles. The summed E-state index contributed by atoms with van der Waals surface area (Å²) in [5, 5.41) is 0. The minimum atomic E-state index is -4.64. The molecule has 11 heteroatoms. The first-order valence-electron chi connectivity index (χ1n) is 1.50. The van der Waals surface area contributed by atoms with Crippen molar-refractivity contribution in [2.45, 2.75) is 0 Å². The zero-order chi connectivity index (χ0) is 9.91. The van der Waals surface area contributed by atoms with E-state index < -0.39 is 28.1 Å². The van der Waals surface area contributed by atoms with Crippen molar-refractivity contribution in [2.75, 3.05) is 0 Å². The lowest BCUT2D eigenvalue weighted by Crippen LogP contribution is -1.66. The summed E-state index contributed by atoms with van der Waals surface area (Å²) in [6, 6.07) is 0. The van der Waals surface area contributed by atoms with Gasteiger partial charge in [-0.2, -0.15) is 8.42 Å². The first-order valence-corrected chi connectivity index (χ1v) is 4.50. The summed E-state index contributed by atoms with van der Waals surface area (Å²) in [5.74, 6) is 0. The van der Waals surface area contributed by atoms with Crippen LogP contribution in [0.15, 0.2) is 0 Å². The molecule has 4 N–H and O–H groups in total. The SMILES string of the molecule is O=P(O)(O)O.O=PO.O=S=O. The van der Waals surface area contributed by atoms with E-state index >= 15 is 0 Å². The largest absolute Gasteiger partial charge is 0.466 e. The molecular formula is H4O8P2S. The van der Waals surface area contributed by atoms with Crippen LogP contribution in [0.4, 0.5) is 0 Å². The van der Waals surface area contributed by atoms with Crippen LogP contribution in [0.5, 0.6) is 0 Å². The fraction of sp³-hybridized carbons (Fsp3) is 0. The van der Waals surface area contributed by atoms with Gasteiger partial charge in [-0.1, -0.05) is 0 Å². The van der Waals surface area contributed by atoms with E-state index in [1.165, 1.54) is 0 Å². The quantitative estimate of drug-likeness (QED) is 0.368. The van der Waals surface area contributed by atoms with Crippen LogP contribution in [0.25, 0.3) is 0 Å². The first kappa shape index (κ1) is 17.2. The molecule has 0 bridgehead atoms. The van der Waals surface area contributed by atoms with Crippen molar-refractivity contribution in [3.8, 4) is 0 Å². The molecule has 0 heterocycles. The van der Waals surface area contributed by atoms with Crippen LogP contribution < -0.4 is 0 Å². The Morgan fingerprint density at radius 3 is 1.18 bits per heavy atom. The summed E-state index contributed by atoms with van der Waals surface area (Å²) in [4.78, 5) is 28.5. The molecule has 0 spiro atoms. The molecule has 0 saturated heterocycles. The lowest BCUT2D eigenvalue weighted by molar-refractivity contribution is 0.275. The Labute approximate surface area is 66.0 Å². The van der Waals surface area contributed by atoms with Crippen LogP contribution in [0.1, 0.15) is 0 Å². The Morgan fingerprint density at radius 2 is 1.18 bits per heavy atom. The monoisotopic (exact) mass is 226 g/mol. The molecule has 0 aromatic rings. The van der Waals surface area contributed by atoms with E-state index in [0.29, 0.717) is 0 Å². The molecule has 0 aliphatic rings. The molecule has 0 aromatic carbocycles. The predicted octanol–water partition coefficient (Wildman–Crippen LogP) is -1.41. The van der Waals surface area contributed by atoms with E-state index in [-0.39, 0.29) is 0 Å². The molecule has 0 atom stereocenters. The number of hydrogen-bond acceptors (Lipinski definition) is 4. The third-order valence-corrected chi connectivity index (χ3v) is 0. The molecule has 0 amide bonds. The van der Waals surface area contributed by atoms with Crippen LogP contribution in [-0.4, -0.2) is 28.0 Å². The molecule has 68 valence electrons. The van der Waals surface area contributed by atoms with Crippen molar-refractivity contribution in [1.82, 2.24) is 0 Å². The highest BCUT2D eigenvalue weighted by Gasteiger charge is 2.00. The summed E-state index contributed by atoms with van der Waals surface area (Å²) in [7, 11) is -5.47. The smallest absolute Gasteiger partial charge is 0.310 e. The second kappa shape index (κ2) is 12.6. The summed E-state index contributed by atoms with van der Waals surface area (Å²) in [6.07, 6.45) is 0. The van der Waals surface area contributed by atoms with E-state index in [1.54, 1.807) is 0 Å². The predicted molar refractivity (Wildman–Crippen MR) is 33.0 cm³/mol. The van der Waals surface area contributed by atoms with E-state index in [1.807, 2.05) is 0 Å². The minimum Gasteiger partial charge on any atom is -0.310 e. The van der Waals surface area contributed by atoms with Crippen LogP contribution in [0.2, 0.25) is 0 Å².